The number of nitro benzene ring substituents is 1. The van der Waals surface area contributed by atoms with Gasteiger partial charge in [0.25, 0.3) is 5.69 Å². The molecule has 0 saturated carbocycles. The number of rotatable bonds is 2. The lowest BCUT2D eigenvalue weighted by atomic mass is 10.3. The van der Waals surface area contributed by atoms with Gasteiger partial charge in [-0.15, -0.1) is 0 Å². The lowest BCUT2D eigenvalue weighted by molar-refractivity contribution is -0.384. The largest absolute Gasteiger partial charge is 0.383 e. The van der Waals surface area contributed by atoms with Gasteiger partial charge in [0.05, 0.1) is 4.92 Å². The summed E-state index contributed by atoms with van der Waals surface area (Å²) in [5.74, 6) is 0. The van der Waals surface area contributed by atoms with Crippen molar-refractivity contribution in [2.24, 2.45) is 0 Å². The molecule has 0 aromatic heterocycles. The summed E-state index contributed by atoms with van der Waals surface area (Å²) in [7, 11) is 3.41. The van der Waals surface area contributed by atoms with Crippen molar-refractivity contribution in [1.29, 1.82) is 0 Å². The highest BCUT2D eigenvalue weighted by molar-refractivity contribution is 5.48. The lowest BCUT2D eigenvalue weighted by Crippen LogP contribution is -1.88. The molecule has 0 bridgehead atoms. The maximum Gasteiger partial charge on any atom is 0.269 e. The molecular formula is C7H7N2O2. The minimum absolute atomic E-state index is 0.0870. The Kier molecular flexibility index (Phi) is 2.06. The quantitative estimate of drug-likeness (QED) is 0.518. The molecule has 1 rings (SSSR count). The van der Waals surface area contributed by atoms with Gasteiger partial charge in [-0.25, -0.2) is 0 Å². The smallest absolute Gasteiger partial charge is 0.269 e. The van der Waals surface area contributed by atoms with E-state index in [0.29, 0.717) is 0 Å². The van der Waals surface area contributed by atoms with Crippen molar-refractivity contribution >= 4 is 11.4 Å². The van der Waals surface area contributed by atoms with Crippen LogP contribution in [0.5, 0.6) is 0 Å². The normalized spacial score (nSPS) is 9.18. The molecule has 0 fully saturated rings. The summed E-state index contributed by atoms with van der Waals surface area (Å²) in [6.45, 7) is 0. The Morgan fingerprint density at radius 2 is 1.91 bits per heavy atom. The van der Waals surface area contributed by atoms with Crippen LogP contribution in [0.3, 0.4) is 0 Å². The summed E-state index contributed by atoms with van der Waals surface area (Å²) >= 11 is 0. The monoisotopic (exact) mass is 151 g/mol. The molecule has 57 valence electrons. The van der Waals surface area contributed by atoms with E-state index in [-0.39, 0.29) is 5.69 Å². The molecule has 0 saturated heterocycles. The van der Waals surface area contributed by atoms with E-state index >= 15 is 0 Å². The molecule has 1 aromatic carbocycles. The first-order chi connectivity index (χ1) is 5.24. The number of nitrogens with one attached hydrogen (secondary N) is 1. The second-order valence-electron chi connectivity index (χ2n) is 1.98. The Morgan fingerprint density at radius 1 is 1.36 bits per heavy atom. The fraction of sp³-hybridized carbons (Fsp3) is 0. The summed E-state index contributed by atoms with van der Waals surface area (Å²) in [5.41, 5.74) is 0.847. The van der Waals surface area contributed by atoms with Crippen LogP contribution in [-0.2, 0) is 0 Å². The van der Waals surface area contributed by atoms with Gasteiger partial charge >= 0.3 is 0 Å². The summed E-state index contributed by atoms with van der Waals surface area (Å²) < 4.78 is 0. The van der Waals surface area contributed by atoms with Crippen LogP contribution in [0.25, 0.3) is 0 Å². The van der Waals surface area contributed by atoms with Gasteiger partial charge in [-0.1, -0.05) is 0 Å². The zero-order valence-electron chi connectivity index (χ0n) is 5.78. The van der Waals surface area contributed by atoms with Crippen molar-refractivity contribution in [3.8, 4) is 0 Å². The van der Waals surface area contributed by atoms with Gasteiger partial charge < -0.3 is 5.32 Å². The third-order valence-corrected chi connectivity index (χ3v) is 1.28. The first kappa shape index (κ1) is 7.53. The number of hydrogen-bond donors (Lipinski definition) is 1. The van der Waals surface area contributed by atoms with E-state index in [4.69, 9.17) is 0 Å². The van der Waals surface area contributed by atoms with Gasteiger partial charge in [0.15, 0.2) is 0 Å². The first-order valence-corrected chi connectivity index (χ1v) is 3.01. The van der Waals surface area contributed by atoms with Crippen LogP contribution in [0.4, 0.5) is 11.4 Å². The van der Waals surface area contributed by atoms with Gasteiger partial charge in [0.2, 0.25) is 0 Å². The van der Waals surface area contributed by atoms with Gasteiger partial charge in [-0.3, -0.25) is 10.1 Å². The van der Waals surface area contributed by atoms with Crippen LogP contribution >= 0.6 is 0 Å². The van der Waals surface area contributed by atoms with E-state index < -0.39 is 4.92 Å². The summed E-state index contributed by atoms with van der Waals surface area (Å²) in [6.07, 6.45) is 0. The maximum absolute atomic E-state index is 10.2. The van der Waals surface area contributed by atoms with Gasteiger partial charge in [0, 0.05) is 24.9 Å². The number of nitrogens with zero attached hydrogens (tertiary/aromatic N) is 1. The number of benzene rings is 1. The molecule has 4 nitrogen and oxygen atoms in total. The average molecular weight is 151 g/mol. The number of anilines is 1. The van der Waals surface area contributed by atoms with Crippen LogP contribution in [-0.4, -0.2) is 4.92 Å². The molecule has 1 aromatic rings. The highest BCUT2D eigenvalue weighted by atomic mass is 16.6. The third kappa shape index (κ3) is 1.67. The SMILES string of the molecule is [CH2]Nc1ccc([N+](=O)[O-])cc1. The number of hydrogen-bond acceptors (Lipinski definition) is 3. The third-order valence-electron chi connectivity index (χ3n) is 1.28. The van der Waals surface area contributed by atoms with Crippen molar-refractivity contribution < 1.29 is 4.92 Å². The van der Waals surface area contributed by atoms with Crippen LogP contribution in [0.2, 0.25) is 0 Å². The van der Waals surface area contributed by atoms with Crippen molar-refractivity contribution in [3.63, 3.8) is 0 Å². The summed E-state index contributed by atoms with van der Waals surface area (Å²) in [6, 6.07) is 6.05. The van der Waals surface area contributed by atoms with Crippen molar-refractivity contribution in [2.75, 3.05) is 5.32 Å². The summed E-state index contributed by atoms with van der Waals surface area (Å²) in [4.78, 5) is 9.73. The Morgan fingerprint density at radius 3 is 2.27 bits per heavy atom. The zero-order valence-corrected chi connectivity index (χ0v) is 5.78. The Hall–Kier alpha value is -1.58. The lowest BCUT2D eigenvalue weighted by Gasteiger charge is -1.96. The maximum atomic E-state index is 10.2. The zero-order chi connectivity index (χ0) is 8.27. The van der Waals surface area contributed by atoms with Crippen LogP contribution in [0.15, 0.2) is 24.3 Å². The molecule has 0 aliphatic heterocycles. The molecule has 0 aliphatic carbocycles. The van der Waals surface area contributed by atoms with E-state index in [1.54, 1.807) is 12.1 Å². The van der Waals surface area contributed by atoms with Crippen molar-refractivity contribution in [1.82, 2.24) is 0 Å². The minimum atomic E-state index is -0.438. The van der Waals surface area contributed by atoms with Crippen LogP contribution < -0.4 is 5.32 Å². The van der Waals surface area contributed by atoms with Crippen molar-refractivity contribution in [2.45, 2.75) is 0 Å². The fourth-order valence-electron chi connectivity index (χ4n) is 0.701. The predicted molar refractivity (Wildman–Crippen MR) is 42.1 cm³/mol. The van der Waals surface area contributed by atoms with E-state index in [9.17, 15) is 10.1 Å². The van der Waals surface area contributed by atoms with Crippen molar-refractivity contribution in [3.05, 3.63) is 41.4 Å². The Balaban J connectivity index is 2.91. The number of non-ortho nitro benzene ring substituents is 1. The highest BCUT2D eigenvalue weighted by Gasteiger charge is 2.01. The predicted octanol–water partition coefficient (Wildman–Crippen LogP) is 1.80. The first-order valence-electron chi connectivity index (χ1n) is 3.01. The second kappa shape index (κ2) is 3.01. The molecule has 0 heterocycles. The fourth-order valence-corrected chi connectivity index (χ4v) is 0.701. The second-order valence-corrected chi connectivity index (χ2v) is 1.98. The number of nitro groups is 1. The molecule has 0 amide bonds. The molecule has 0 unspecified atom stereocenters. The van der Waals surface area contributed by atoms with E-state index in [1.165, 1.54) is 12.1 Å². The van der Waals surface area contributed by atoms with Crippen LogP contribution in [0, 0.1) is 17.2 Å². The average Bonchev–Trinajstić information content (AvgIpc) is 2.05. The molecule has 4 heteroatoms. The molecule has 0 aliphatic rings. The van der Waals surface area contributed by atoms with Gasteiger partial charge in [-0.2, -0.15) is 0 Å². The van der Waals surface area contributed by atoms with Crippen LogP contribution in [0.1, 0.15) is 0 Å². The molecule has 11 heavy (non-hydrogen) atoms. The Bertz CT molecular complexity index is 256. The van der Waals surface area contributed by atoms with E-state index in [0.717, 1.165) is 5.69 Å². The molecule has 0 atom stereocenters. The Labute approximate surface area is 64.0 Å². The molecule has 1 radical (unpaired) electrons. The molecule has 1 N–H and O–H groups in total. The summed E-state index contributed by atoms with van der Waals surface area (Å²) in [5, 5.41) is 12.8. The standard InChI is InChI=1S/C7H7N2O2/c1-8-6-2-4-7(5-3-6)9(10)11/h2-5,8H,1H2. The highest BCUT2D eigenvalue weighted by Crippen LogP contribution is 2.14. The minimum Gasteiger partial charge on any atom is -0.383 e. The topological polar surface area (TPSA) is 55.2 Å². The van der Waals surface area contributed by atoms with E-state index in [1.807, 2.05) is 0 Å². The molecular weight excluding hydrogens is 144 g/mol. The van der Waals surface area contributed by atoms with E-state index in [2.05, 4.69) is 12.4 Å². The van der Waals surface area contributed by atoms with Gasteiger partial charge in [-0.05, 0) is 12.1 Å². The molecule has 0 spiro atoms. The van der Waals surface area contributed by atoms with Gasteiger partial charge in [0.1, 0.15) is 0 Å².